The number of carboxylic acid groups (broad SMARTS) is 1. The maximum atomic E-state index is 13.0. The molecule has 0 aliphatic heterocycles. The molecular formula is C23H23ClN2O4. The van der Waals surface area contributed by atoms with Crippen LogP contribution in [-0.4, -0.2) is 33.9 Å². The number of rotatable bonds is 8. The van der Waals surface area contributed by atoms with Gasteiger partial charge in [0.15, 0.2) is 5.78 Å². The fourth-order valence-electron chi connectivity index (χ4n) is 3.43. The fraction of sp³-hybridized carbons (Fsp3) is 0.261. The average molecular weight is 427 g/mol. The summed E-state index contributed by atoms with van der Waals surface area (Å²) >= 11 is 6.06. The molecule has 0 saturated carbocycles. The van der Waals surface area contributed by atoms with Crippen LogP contribution in [0.2, 0.25) is 5.02 Å². The van der Waals surface area contributed by atoms with Gasteiger partial charge in [-0.3, -0.25) is 14.4 Å². The predicted molar refractivity (Wildman–Crippen MR) is 116 cm³/mol. The van der Waals surface area contributed by atoms with Crippen LogP contribution >= 0.6 is 11.6 Å². The van der Waals surface area contributed by atoms with E-state index in [0.717, 1.165) is 16.5 Å². The van der Waals surface area contributed by atoms with Crippen molar-refractivity contribution in [2.45, 2.75) is 19.8 Å². The van der Waals surface area contributed by atoms with Crippen molar-refractivity contribution in [3.05, 3.63) is 70.4 Å². The molecule has 0 bridgehead atoms. The minimum atomic E-state index is -0.960. The number of hydrogen-bond donors (Lipinski definition) is 2. The van der Waals surface area contributed by atoms with E-state index >= 15 is 0 Å². The summed E-state index contributed by atoms with van der Waals surface area (Å²) in [6, 6.07) is 14.4. The van der Waals surface area contributed by atoms with Gasteiger partial charge in [-0.2, -0.15) is 0 Å². The Morgan fingerprint density at radius 3 is 2.47 bits per heavy atom. The lowest BCUT2D eigenvalue weighted by atomic mass is 9.94. The fourth-order valence-corrected chi connectivity index (χ4v) is 3.61. The zero-order valence-electron chi connectivity index (χ0n) is 16.8. The number of benzene rings is 2. The predicted octanol–water partition coefficient (Wildman–Crippen LogP) is 4.10. The molecule has 2 N–H and O–H groups in total. The van der Waals surface area contributed by atoms with E-state index in [2.05, 4.69) is 5.32 Å². The zero-order valence-corrected chi connectivity index (χ0v) is 17.6. The van der Waals surface area contributed by atoms with Crippen LogP contribution in [0, 0.1) is 5.92 Å². The SMILES string of the molecule is CC(Cc1ccc(C(=O)NCCC(=O)O)cc1)C(=O)c1cc2cc(Cl)ccc2n1C. The second-order valence-electron chi connectivity index (χ2n) is 7.36. The van der Waals surface area contributed by atoms with Crippen LogP contribution in [-0.2, 0) is 18.3 Å². The number of fused-ring (bicyclic) bond motifs is 1. The summed E-state index contributed by atoms with van der Waals surface area (Å²) in [6.45, 7) is 1.97. The molecule has 6 nitrogen and oxygen atoms in total. The zero-order chi connectivity index (χ0) is 21.8. The maximum Gasteiger partial charge on any atom is 0.305 e. The summed E-state index contributed by atoms with van der Waals surface area (Å²) in [6.07, 6.45) is 0.422. The Balaban J connectivity index is 1.66. The van der Waals surface area contributed by atoms with Crippen molar-refractivity contribution >= 4 is 40.2 Å². The van der Waals surface area contributed by atoms with Gasteiger partial charge in [-0.1, -0.05) is 30.7 Å². The molecule has 1 amide bonds. The lowest BCUT2D eigenvalue weighted by Crippen LogP contribution is -2.26. The maximum absolute atomic E-state index is 13.0. The molecule has 0 spiro atoms. The lowest BCUT2D eigenvalue weighted by molar-refractivity contribution is -0.136. The van der Waals surface area contributed by atoms with Gasteiger partial charge in [-0.15, -0.1) is 0 Å². The third-order valence-corrected chi connectivity index (χ3v) is 5.32. The van der Waals surface area contributed by atoms with E-state index in [9.17, 15) is 14.4 Å². The average Bonchev–Trinajstić information content (AvgIpc) is 3.03. The number of aliphatic carboxylic acids is 1. The molecule has 0 aliphatic carbocycles. The second kappa shape index (κ2) is 9.13. The first kappa shape index (κ1) is 21.6. The summed E-state index contributed by atoms with van der Waals surface area (Å²) in [7, 11) is 1.87. The molecule has 0 aliphatic rings. The Labute approximate surface area is 179 Å². The molecule has 3 rings (SSSR count). The van der Waals surface area contributed by atoms with Crippen LogP contribution in [0.1, 0.15) is 39.8 Å². The van der Waals surface area contributed by atoms with Gasteiger partial charge >= 0.3 is 5.97 Å². The number of amides is 1. The van der Waals surface area contributed by atoms with E-state index in [0.29, 0.717) is 22.7 Å². The highest BCUT2D eigenvalue weighted by atomic mass is 35.5. The highest BCUT2D eigenvalue weighted by molar-refractivity contribution is 6.31. The standard InChI is InChI=1S/C23H23ClN2O4/c1-14(22(29)20-13-17-12-18(24)7-8-19(17)26(20)2)11-15-3-5-16(6-4-15)23(30)25-10-9-21(27)28/h3-8,12-14H,9-11H2,1-2H3,(H,25,30)(H,27,28). The summed E-state index contributed by atoms with van der Waals surface area (Å²) in [5.41, 5.74) is 2.98. The van der Waals surface area contributed by atoms with Gasteiger partial charge in [0.1, 0.15) is 0 Å². The summed E-state index contributed by atoms with van der Waals surface area (Å²) < 4.78 is 1.88. The van der Waals surface area contributed by atoms with Crippen LogP contribution in [0.5, 0.6) is 0 Å². The smallest absolute Gasteiger partial charge is 0.305 e. The first-order valence-corrected chi connectivity index (χ1v) is 10.0. The number of carbonyl (C=O) groups excluding carboxylic acids is 2. The van der Waals surface area contributed by atoms with Crippen molar-refractivity contribution in [2.24, 2.45) is 13.0 Å². The minimum absolute atomic E-state index is 0.0420. The van der Waals surface area contributed by atoms with Crippen LogP contribution in [0.3, 0.4) is 0 Å². The number of hydrogen-bond acceptors (Lipinski definition) is 3. The highest BCUT2D eigenvalue weighted by Crippen LogP contribution is 2.25. The topological polar surface area (TPSA) is 88.4 Å². The lowest BCUT2D eigenvalue weighted by Gasteiger charge is -2.12. The van der Waals surface area contributed by atoms with Gasteiger partial charge in [0.05, 0.1) is 12.1 Å². The van der Waals surface area contributed by atoms with Gasteiger partial charge in [-0.25, -0.2) is 0 Å². The van der Waals surface area contributed by atoms with Crippen LogP contribution in [0.15, 0.2) is 48.5 Å². The molecule has 0 fully saturated rings. The monoisotopic (exact) mass is 426 g/mol. The normalized spacial score (nSPS) is 12.0. The van der Waals surface area contributed by atoms with E-state index in [-0.39, 0.29) is 30.6 Å². The molecular weight excluding hydrogens is 404 g/mol. The Kier molecular flexibility index (Phi) is 6.57. The van der Waals surface area contributed by atoms with Crippen molar-refractivity contribution in [1.29, 1.82) is 0 Å². The first-order chi connectivity index (χ1) is 14.3. The molecule has 0 radical (unpaired) electrons. The Hall–Kier alpha value is -3.12. The van der Waals surface area contributed by atoms with E-state index in [1.165, 1.54) is 0 Å². The van der Waals surface area contributed by atoms with Crippen molar-refractivity contribution in [3.8, 4) is 0 Å². The molecule has 1 heterocycles. The van der Waals surface area contributed by atoms with E-state index in [4.69, 9.17) is 16.7 Å². The van der Waals surface area contributed by atoms with Crippen molar-refractivity contribution in [1.82, 2.24) is 9.88 Å². The summed E-state index contributed by atoms with van der Waals surface area (Å²) in [5.74, 6) is -1.47. The van der Waals surface area contributed by atoms with Gasteiger partial charge in [0.2, 0.25) is 0 Å². The van der Waals surface area contributed by atoms with Gasteiger partial charge in [0.25, 0.3) is 5.91 Å². The number of carbonyl (C=O) groups is 3. The number of ketones is 1. The molecule has 1 aromatic heterocycles. The van der Waals surface area contributed by atoms with Gasteiger partial charge in [-0.05, 0) is 48.4 Å². The second-order valence-corrected chi connectivity index (χ2v) is 7.79. The summed E-state index contributed by atoms with van der Waals surface area (Å²) in [5, 5.41) is 12.8. The molecule has 1 unspecified atom stereocenters. The van der Waals surface area contributed by atoms with Crippen molar-refractivity contribution in [2.75, 3.05) is 6.54 Å². The number of nitrogens with one attached hydrogen (secondary N) is 1. The molecule has 0 saturated heterocycles. The number of carboxylic acids is 1. The first-order valence-electron chi connectivity index (χ1n) is 9.64. The molecule has 3 aromatic rings. The van der Waals surface area contributed by atoms with Gasteiger partial charge in [0, 0.05) is 41.0 Å². The molecule has 156 valence electrons. The number of halogens is 1. The molecule has 1 atom stereocenters. The molecule has 30 heavy (non-hydrogen) atoms. The van der Waals surface area contributed by atoms with E-state index < -0.39 is 5.97 Å². The Morgan fingerprint density at radius 1 is 1.10 bits per heavy atom. The summed E-state index contributed by atoms with van der Waals surface area (Å²) in [4.78, 5) is 35.6. The van der Waals surface area contributed by atoms with Crippen LogP contribution in [0.25, 0.3) is 10.9 Å². The van der Waals surface area contributed by atoms with Crippen molar-refractivity contribution in [3.63, 3.8) is 0 Å². The third-order valence-electron chi connectivity index (χ3n) is 5.09. The molecule has 7 heteroatoms. The third kappa shape index (κ3) is 4.89. The number of nitrogens with zero attached hydrogens (tertiary/aromatic N) is 1. The van der Waals surface area contributed by atoms with Crippen molar-refractivity contribution < 1.29 is 19.5 Å². The van der Waals surface area contributed by atoms with Gasteiger partial charge < -0.3 is 15.0 Å². The largest absolute Gasteiger partial charge is 0.481 e. The number of aromatic nitrogens is 1. The highest BCUT2D eigenvalue weighted by Gasteiger charge is 2.20. The Bertz CT molecular complexity index is 1100. The number of aryl methyl sites for hydroxylation is 1. The Morgan fingerprint density at radius 2 is 1.80 bits per heavy atom. The van der Waals surface area contributed by atoms with Crippen LogP contribution in [0.4, 0.5) is 0 Å². The molecule has 2 aromatic carbocycles. The van der Waals surface area contributed by atoms with E-state index in [1.54, 1.807) is 18.2 Å². The number of Topliss-reactive ketones (excluding diaryl/α,β-unsaturated/α-hetero) is 1. The quantitative estimate of drug-likeness (QED) is 0.531. The van der Waals surface area contributed by atoms with Crippen LogP contribution < -0.4 is 5.32 Å². The minimum Gasteiger partial charge on any atom is -0.481 e. The van der Waals surface area contributed by atoms with E-state index in [1.807, 2.05) is 48.9 Å².